The van der Waals surface area contributed by atoms with Crippen LogP contribution in [0.5, 0.6) is 0 Å². The maximum atomic E-state index is 4.33. The fourth-order valence-electron chi connectivity index (χ4n) is 1.95. The molecule has 1 heterocycles. The first-order valence-electron chi connectivity index (χ1n) is 6.92. The zero-order valence-corrected chi connectivity index (χ0v) is 12.1. The standard InChI is InChI=1S/C14H26N4/c1-5-6-7-10-18(12(2)3)14-9-8-13(11-15-4)16-17-14/h8-9,12,15H,5-7,10-11H2,1-4H3. The van der Waals surface area contributed by atoms with Crippen molar-refractivity contribution in [3.63, 3.8) is 0 Å². The predicted molar refractivity (Wildman–Crippen MR) is 76.8 cm³/mol. The van der Waals surface area contributed by atoms with Crippen LogP contribution in [0.1, 0.15) is 45.7 Å². The lowest BCUT2D eigenvalue weighted by Gasteiger charge is -2.27. The molecule has 1 N–H and O–H groups in total. The summed E-state index contributed by atoms with van der Waals surface area (Å²) < 4.78 is 0. The van der Waals surface area contributed by atoms with E-state index in [9.17, 15) is 0 Å². The van der Waals surface area contributed by atoms with E-state index in [1.807, 2.05) is 13.1 Å². The molecule has 0 atom stereocenters. The Labute approximate surface area is 111 Å². The summed E-state index contributed by atoms with van der Waals surface area (Å²) >= 11 is 0. The quantitative estimate of drug-likeness (QED) is 0.720. The Morgan fingerprint density at radius 1 is 1.22 bits per heavy atom. The zero-order valence-electron chi connectivity index (χ0n) is 12.1. The van der Waals surface area contributed by atoms with Crippen LogP contribution in [0, 0.1) is 0 Å². The predicted octanol–water partition coefficient (Wildman–Crippen LogP) is 2.60. The molecule has 4 nitrogen and oxygen atoms in total. The molecule has 0 unspecified atom stereocenters. The van der Waals surface area contributed by atoms with Crippen molar-refractivity contribution in [1.29, 1.82) is 0 Å². The third-order valence-electron chi connectivity index (χ3n) is 2.98. The number of nitrogens with one attached hydrogen (secondary N) is 1. The second-order valence-electron chi connectivity index (χ2n) is 4.91. The van der Waals surface area contributed by atoms with Crippen molar-refractivity contribution >= 4 is 5.82 Å². The maximum Gasteiger partial charge on any atom is 0.151 e. The van der Waals surface area contributed by atoms with Gasteiger partial charge in [-0.25, -0.2) is 0 Å². The fraction of sp³-hybridized carbons (Fsp3) is 0.714. The first-order valence-corrected chi connectivity index (χ1v) is 6.92. The first kappa shape index (κ1) is 14.9. The topological polar surface area (TPSA) is 41.0 Å². The van der Waals surface area contributed by atoms with Crippen LogP contribution in [0.15, 0.2) is 12.1 Å². The van der Waals surface area contributed by atoms with E-state index >= 15 is 0 Å². The molecule has 0 aliphatic carbocycles. The number of anilines is 1. The van der Waals surface area contributed by atoms with Gasteiger partial charge in [0.2, 0.25) is 0 Å². The number of rotatable bonds is 8. The molecule has 0 amide bonds. The molecule has 0 bridgehead atoms. The normalized spacial score (nSPS) is 10.9. The third kappa shape index (κ3) is 4.61. The van der Waals surface area contributed by atoms with Crippen LogP contribution in [-0.2, 0) is 6.54 Å². The minimum absolute atomic E-state index is 0.464. The van der Waals surface area contributed by atoms with E-state index in [1.54, 1.807) is 0 Å². The molecular weight excluding hydrogens is 224 g/mol. The summed E-state index contributed by atoms with van der Waals surface area (Å²) in [4.78, 5) is 2.33. The van der Waals surface area contributed by atoms with E-state index in [4.69, 9.17) is 0 Å². The van der Waals surface area contributed by atoms with Crippen molar-refractivity contribution in [2.24, 2.45) is 0 Å². The van der Waals surface area contributed by atoms with Crippen molar-refractivity contribution in [3.8, 4) is 0 Å². The number of aromatic nitrogens is 2. The Morgan fingerprint density at radius 2 is 2.00 bits per heavy atom. The van der Waals surface area contributed by atoms with Crippen LogP contribution in [-0.4, -0.2) is 29.8 Å². The van der Waals surface area contributed by atoms with Crippen LogP contribution in [0.25, 0.3) is 0 Å². The number of nitrogens with zero attached hydrogens (tertiary/aromatic N) is 3. The van der Waals surface area contributed by atoms with Crippen LogP contribution in [0.3, 0.4) is 0 Å². The van der Waals surface area contributed by atoms with E-state index in [1.165, 1.54) is 19.3 Å². The van der Waals surface area contributed by atoms with Gasteiger partial charge in [-0.3, -0.25) is 0 Å². The number of hydrogen-bond acceptors (Lipinski definition) is 4. The van der Waals surface area contributed by atoms with E-state index in [0.29, 0.717) is 6.04 Å². The van der Waals surface area contributed by atoms with Crippen LogP contribution < -0.4 is 10.2 Å². The lowest BCUT2D eigenvalue weighted by atomic mass is 10.2. The lowest BCUT2D eigenvalue weighted by Crippen LogP contribution is -2.32. The number of hydrogen-bond donors (Lipinski definition) is 1. The van der Waals surface area contributed by atoms with Gasteiger partial charge in [0.1, 0.15) is 0 Å². The van der Waals surface area contributed by atoms with Gasteiger partial charge < -0.3 is 10.2 Å². The molecule has 1 rings (SSSR count). The highest BCUT2D eigenvalue weighted by molar-refractivity contribution is 5.38. The monoisotopic (exact) mass is 250 g/mol. The molecule has 1 aromatic heterocycles. The minimum atomic E-state index is 0.464. The smallest absolute Gasteiger partial charge is 0.151 e. The van der Waals surface area contributed by atoms with Gasteiger partial charge in [-0.2, -0.15) is 5.10 Å². The molecule has 0 radical (unpaired) electrons. The highest BCUT2D eigenvalue weighted by Crippen LogP contribution is 2.14. The summed E-state index contributed by atoms with van der Waals surface area (Å²) in [5, 5.41) is 11.7. The second kappa shape index (κ2) is 8.03. The van der Waals surface area contributed by atoms with Gasteiger partial charge in [-0.15, -0.1) is 5.10 Å². The highest BCUT2D eigenvalue weighted by atomic mass is 15.3. The molecule has 0 aliphatic rings. The summed E-state index contributed by atoms with van der Waals surface area (Å²) in [7, 11) is 1.92. The Kier molecular flexibility index (Phi) is 6.65. The molecule has 0 saturated carbocycles. The SMILES string of the molecule is CCCCCN(c1ccc(CNC)nn1)C(C)C. The lowest BCUT2D eigenvalue weighted by molar-refractivity contribution is 0.614. The third-order valence-corrected chi connectivity index (χ3v) is 2.98. The molecule has 0 fully saturated rings. The second-order valence-corrected chi connectivity index (χ2v) is 4.91. The van der Waals surface area contributed by atoms with Gasteiger partial charge in [0.25, 0.3) is 0 Å². The van der Waals surface area contributed by atoms with Crippen LogP contribution in [0.4, 0.5) is 5.82 Å². The summed E-state index contributed by atoms with van der Waals surface area (Å²) in [5.41, 5.74) is 0.985. The Balaban J connectivity index is 2.66. The average Bonchev–Trinajstić information content (AvgIpc) is 2.36. The molecule has 0 aromatic carbocycles. The molecule has 0 saturated heterocycles. The van der Waals surface area contributed by atoms with Crippen molar-refractivity contribution in [3.05, 3.63) is 17.8 Å². The van der Waals surface area contributed by atoms with Crippen molar-refractivity contribution < 1.29 is 0 Å². The van der Waals surface area contributed by atoms with E-state index in [-0.39, 0.29) is 0 Å². The van der Waals surface area contributed by atoms with Crippen molar-refractivity contribution in [2.45, 2.75) is 52.6 Å². The van der Waals surface area contributed by atoms with Gasteiger partial charge in [0.15, 0.2) is 5.82 Å². The van der Waals surface area contributed by atoms with E-state index < -0.39 is 0 Å². The Bertz CT molecular complexity index is 321. The molecule has 0 spiro atoms. The van der Waals surface area contributed by atoms with E-state index in [0.717, 1.165) is 24.6 Å². The van der Waals surface area contributed by atoms with Crippen molar-refractivity contribution in [1.82, 2.24) is 15.5 Å². The van der Waals surface area contributed by atoms with Gasteiger partial charge in [-0.1, -0.05) is 19.8 Å². The minimum Gasteiger partial charge on any atom is -0.353 e. The van der Waals surface area contributed by atoms with Crippen LogP contribution in [0.2, 0.25) is 0 Å². The average molecular weight is 250 g/mol. The summed E-state index contributed by atoms with van der Waals surface area (Å²) in [6.07, 6.45) is 3.74. The highest BCUT2D eigenvalue weighted by Gasteiger charge is 2.11. The van der Waals surface area contributed by atoms with Crippen molar-refractivity contribution in [2.75, 3.05) is 18.5 Å². The van der Waals surface area contributed by atoms with Gasteiger partial charge in [-0.05, 0) is 39.4 Å². The maximum absolute atomic E-state index is 4.33. The summed E-state index contributed by atoms with van der Waals surface area (Å²) in [6, 6.07) is 4.59. The molecule has 0 aliphatic heterocycles. The zero-order chi connectivity index (χ0) is 13.4. The summed E-state index contributed by atoms with van der Waals surface area (Å²) in [5.74, 6) is 0.987. The Morgan fingerprint density at radius 3 is 2.50 bits per heavy atom. The molecule has 102 valence electrons. The largest absolute Gasteiger partial charge is 0.353 e. The van der Waals surface area contributed by atoms with Crippen LogP contribution >= 0.6 is 0 Å². The Hall–Kier alpha value is -1.16. The molecule has 4 heteroatoms. The number of unbranched alkanes of at least 4 members (excludes halogenated alkanes) is 2. The summed E-state index contributed by atoms with van der Waals surface area (Å²) in [6.45, 7) is 8.46. The molecule has 1 aromatic rings. The van der Waals surface area contributed by atoms with Gasteiger partial charge in [0.05, 0.1) is 5.69 Å². The molecular formula is C14H26N4. The van der Waals surface area contributed by atoms with Gasteiger partial charge in [0, 0.05) is 19.1 Å². The van der Waals surface area contributed by atoms with Gasteiger partial charge >= 0.3 is 0 Å². The molecule has 18 heavy (non-hydrogen) atoms. The fourth-order valence-corrected chi connectivity index (χ4v) is 1.95. The van der Waals surface area contributed by atoms with E-state index in [2.05, 4.69) is 47.3 Å². The first-order chi connectivity index (χ1) is 8.69.